The minimum absolute atomic E-state index is 0.0906. The summed E-state index contributed by atoms with van der Waals surface area (Å²) in [6.45, 7) is 6.42. The number of benzene rings is 1. The number of carbonyl (C=O) groups excluding carboxylic acids is 1. The van der Waals surface area contributed by atoms with E-state index in [-0.39, 0.29) is 17.0 Å². The van der Waals surface area contributed by atoms with Crippen LogP contribution in [0.2, 0.25) is 5.02 Å². The third-order valence-electron chi connectivity index (χ3n) is 4.90. The van der Waals surface area contributed by atoms with Gasteiger partial charge in [-0.25, -0.2) is 4.98 Å². The van der Waals surface area contributed by atoms with Gasteiger partial charge in [-0.15, -0.1) is 0 Å². The first-order valence-corrected chi connectivity index (χ1v) is 11.1. The largest absolute Gasteiger partial charge is 0.332 e. The first-order chi connectivity index (χ1) is 14.4. The minimum atomic E-state index is -0.410. The van der Waals surface area contributed by atoms with Crippen LogP contribution in [-0.4, -0.2) is 32.4 Å². The van der Waals surface area contributed by atoms with Gasteiger partial charge >= 0.3 is 0 Å². The third-order valence-corrected chi connectivity index (χ3v) is 6.34. The molecule has 30 heavy (non-hydrogen) atoms. The fourth-order valence-corrected chi connectivity index (χ4v) is 4.52. The van der Waals surface area contributed by atoms with Crippen molar-refractivity contribution in [1.82, 2.24) is 9.55 Å². The molecule has 1 atom stereocenters. The fourth-order valence-electron chi connectivity index (χ4n) is 3.36. The van der Waals surface area contributed by atoms with Crippen LogP contribution >= 0.6 is 23.4 Å². The van der Waals surface area contributed by atoms with Crippen molar-refractivity contribution >= 4 is 51.2 Å². The van der Waals surface area contributed by atoms with Crippen molar-refractivity contribution in [3.05, 3.63) is 69.1 Å². The summed E-state index contributed by atoms with van der Waals surface area (Å²) >= 11 is 7.54. The third kappa shape index (κ3) is 3.75. The van der Waals surface area contributed by atoms with Crippen molar-refractivity contribution in [2.45, 2.75) is 33.4 Å². The minimum Gasteiger partial charge on any atom is -0.332 e. The average molecular weight is 441 g/mol. The lowest BCUT2D eigenvalue weighted by atomic mass is 10.1. The zero-order valence-corrected chi connectivity index (χ0v) is 18.5. The number of pyridine rings is 2. The summed E-state index contributed by atoms with van der Waals surface area (Å²) in [7, 11) is 0. The van der Waals surface area contributed by atoms with Gasteiger partial charge in [-0.1, -0.05) is 23.4 Å². The van der Waals surface area contributed by atoms with Crippen molar-refractivity contribution in [2.24, 2.45) is 4.99 Å². The molecule has 2 aromatic heterocycles. The molecule has 1 aliphatic heterocycles. The van der Waals surface area contributed by atoms with E-state index in [4.69, 9.17) is 11.6 Å². The first kappa shape index (κ1) is 20.6. The highest BCUT2D eigenvalue weighted by atomic mass is 35.5. The molecule has 0 bridgehead atoms. The van der Waals surface area contributed by atoms with Crippen LogP contribution in [0.5, 0.6) is 0 Å². The molecule has 0 N–H and O–H groups in total. The number of hydrogen-bond acceptors (Lipinski definition) is 5. The smallest absolute Gasteiger partial charge is 0.269 e. The number of thioether (sulfide) groups is 1. The number of carbonyl (C=O) groups is 1. The second kappa shape index (κ2) is 8.24. The summed E-state index contributed by atoms with van der Waals surface area (Å²) < 4.78 is 1.84. The number of fused-ring (bicyclic) bond motifs is 1. The maximum Gasteiger partial charge on any atom is 0.269 e. The number of halogens is 1. The van der Waals surface area contributed by atoms with Crippen LogP contribution < -0.4 is 10.3 Å². The molecule has 0 saturated carbocycles. The molecule has 0 aliphatic carbocycles. The number of aliphatic imine (C=N–C) groups is 1. The summed E-state index contributed by atoms with van der Waals surface area (Å²) in [5.41, 5.74) is 1.78. The lowest BCUT2D eigenvalue weighted by molar-refractivity contribution is 0.100. The van der Waals surface area contributed by atoms with E-state index in [9.17, 15) is 9.59 Å². The van der Waals surface area contributed by atoms with Gasteiger partial charge in [0.05, 0.1) is 17.1 Å². The molecule has 0 radical (unpaired) electrons. The van der Waals surface area contributed by atoms with E-state index in [0.717, 1.165) is 11.4 Å². The molecule has 0 spiro atoms. The van der Waals surface area contributed by atoms with Gasteiger partial charge in [-0.05, 0) is 57.2 Å². The lowest BCUT2D eigenvalue weighted by Crippen LogP contribution is -2.38. The Kier molecular flexibility index (Phi) is 5.66. The fraction of sp³-hybridized carbons (Fsp3) is 0.273. The van der Waals surface area contributed by atoms with Crippen LogP contribution in [0.25, 0.3) is 11.0 Å². The Labute approximate surface area is 183 Å². The zero-order chi connectivity index (χ0) is 21.4. The van der Waals surface area contributed by atoms with Gasteiger partial charge in [0, 0.05) is 29.2 Å². The van der Waals surface area contributed by atoms with E-state index in [1.54, 1.807) is 42.6 Å². The van der Waals surface area contributed by atoms with Gasteiger partial charge in [0.1, 0.15) is 11.2 Å². The molecule has 1 aliphatic rings. The van der Waals surface area contributed by atoms with Crippen LogP contribution in [0.3, 0.4) is 0 Å². The summed E-state index contributed by atoms with van der Waals surface area (Å²) in [5, 5.41) is 1.58. The van der Waals surface area contributed by atoms with Crippen molar-refractivity contribution in [1.29, 1.82) is 0 Å². The second-order valence-electron chi connectivity index (χ2n) is 7.17. The normalized spacial score (nSPS) is 16.0. The van der Waals surface area contributed by atoms with E-state index in [1.807, 2.05) is 25.3 Å². The van der Waals surface area contributed by atoms with Crippen LogP contribution in [0.15, 0.2) is 52.4 Å². The van der Waals surface area contributed by atoms with Gasteiger partial charge in [0.2, 0.25) is 5.43 Å². The molecular formula is C22H21ClN4O2S. The Morgan fingerprint density at radius 1 is 1.27 bits per heavy atom. The van der Waals surface area contributed by atoms with Gasteiger partial charge in [-0.3, -0.25) is 19.5 Å². The Morgan fingerprint density at radius 3 is 2.63 bits per heavy atom. The Bertz CT molecular complexity index is 1220. The van der Waals surface area contributed by atoms with Gasteiger partial charge < -0.3 is 4.57 Å². The number of aryl methyl sites for hydroxylation is 2. The molecule has 0 fully saturated rings. The molecule has 3 aromatic rings. The van der Waals surface area contributed by atoms with Crippen LogP contribution in [0, 0.1) is 6.92 Å². The predicted molar refractivity (Wildman–Crippen MR) is 124 cm³/mol. The zero-order valence-electron chi connectivity index (χ0n) is 16.9. The topological polar surface area (TPSA) is 67.6 Å². The van der Waals surface area contributed by atoms with Crippen LogP contribution in [-0.2, 0) is 6.54 Å². The van der Waals surface area contributed by atoms with Crippen LogP contribution in [0.4, 0.5) is 5.69 Å². The number of anilines is 1. The van der Waals surface area contributed by atoms with Crippen molar-refractivity contribution in [3.8, 4) is 0 Å². The van der Waals surface area contributed by atoms with Gasteiger partial charge in [0.25, 0.3) is 5.91 Å². The highest BCUT2D eigenvalue weighted by Crippen LogP contribution is 2.28. The average Bonchev–Trinajstić information content (AvgIpc) is 3.15. The maximum absolute atomic E-state index is 13.7. The quantitative estimate of drug-likeness (QED) is 0.600. The summed E-state index contributed by atoms with van der Waals surface area (Å²) in [6.07, 6.45) is 1.60. The number of hydrogen-bond donors (Lipinski definition) is 0. The number of rotatable bonds is 3. The molecular weight excluding hydrogens is 420 g/mol. The molecule has 1 amide bonds. The van der Waals surface area contributed by atoms with E-state index in [0.29, 0.717) is 33.5 Å². The van der Waals surface area contributed by atoms with E-state index in [1.165, 1.54) is 16.7 Å². The van der Waals surface area contributed by atoms with Gasteiger partial charge in [0.15, 0.2) is 5.17 Å². The molecule has 0 saturated heterocycles. The molecule has 6 nitrogen and oxygen atoms in total. The molecule has 4 rings (SSSR count). The van der Waals surface area contributed by atoms with Crippen molar-refractivity contribution in [3.63, 3.8) is 0 Å². The molecule has 1 unspecified atom stereocenters. The highest BCUT2D eigenvalue weighted by Gasteiger charge is 2.30. The number of amides is 1. The van der Waals surface area contributed by atoms with Crippen LogP contribution in [0.1, 0.15) is 29.9 Å². The monoisotopic (exact) mass is 440 g/mol. The number of aromatic nitrogens is 2. The first-order valence-electron chi connectivity index (χ1n) is 9.70. The number of amidine groups is 1. The Hall–Kier alpha value is -2.64. The number of nitrogens with zero attached hydrogens (tertiary/aromatic N) is 4. The Morgan fingerprint density at radius 2 is 2.00 bits per heavy atom. The summed E-state index contributed by atoms with van der Waals surface area (Å²) in [5.74, 6) is 0.375. The van der Waals surface area contributed by atoms with E-state index < -0.39 is 5.91 Å². The molecule has 8 heteroatoms. The molecule has 1 aromatic carbocycles. The van der Waals surface area contributed by atoms with E-state index in [2.05, 4.69) is 9.98 Å². The lowest BCUT2D eigenvalue weighted by Gasteiger charge is -2.22. The van der Waals surface area contributed by atoms with Gasteiger partial charge in [-0.2, -0.15) is 0 Å². The maximum atomic E-state index is 13.7. The standard InChI is InChI=1S/C22H21ClN4O2S/c1-4-26-11-18(19(28)17-10-5-13(2)24-20(17)26)21(29)27(22-25-14(3)12-30-22)16-8-6-15(23)7-9-16/h5-11,14H,4,12H2,1-3H3. The summed E-state index contributed by atoms with van der Waals surface area (Å²) in [6, 6.07) is 10.6. The Balaban J connectivity index is 1.90. The molecule has 154 valence electrons. The SMILES string of the molecule is CCn1cc(C(=O)N(C2=NC(C)CS2)c2ccc(Cl)cc2)c(=O)c2ccc(C)nc21. The summed E-state index contributed by atoms with van der Waals surface area (Å²) in [4.78, 5) is 37.6. The highest BCUT2D eigenvalue weighted by molar-refractivity contribution is 8.14. The van der Waals surface area contributed by atoms with E-state index >= 15 is 0 Å². The van der Waals surface area contributed by atoms with Crippen molar-refractivity contribution < 1.29 is 4.79 Å². The predicted octanol–water partition coefficient (Wildman–Crippen LogP) is 4.52. The second-order valence-corrected chi connectivity index (χ2v) is 8.59. The van der Waals surface area contributed by atoms with Crippen molar-refractivity contribution in [2.75, 3.05) is 10.7 Å². The molecule has 3 heterocycles.